The van der Waals surface area contributed by atoms with E-state index in [9.17, 15) is 9.90 Å². The standard InChI is InChI=1S/C10H13N5O4/c11-8-7-9(14-10(18)13-8)15(3-12-7)6-1-4(17)5(2-16)19-6/h3-6,16-17H,1-2H2,(H3,11,13,14,18). The Morgan fingerprint density at radius 1 is 1.63 bits per heavy atom. The molecular weight excluding hydrogens is 254 g/mol. The quantitative estimate of drug-likeness (QED) is 0.510. The Labute approximate surface area is 106 Å². The van der Waals surface area contributed by atoms with Crippen molar-refractivity contribution in [1.29, 1.82) is 0 Å². The number of aromatic amines is 1. The van der Waals surface area contributed by atoms with E-state index < -0.39 is 24.1 Å². The van der Waals surface area contributed by atoms with E-state index in [-0.39, 0.29) is 24.5 Å². The predicted molar refractivity (Wildman–Crippen MR) is 64.2 cm³/mol. The molecule has 2 aromatic rings. The van der Waals surface area contributed by atoms with Gasteiger partial charge in [-0.3, -0.25) is 9.55 Å². The molecule has 0 spiro atoms. The van der Waals surface area contributed by atoms with Crippen molar-refractivity contribution in [2.75, 3.05) is 12.3 Å². The molecule has 5 N–H and O–H groups in total. The number of aliphatic hydroxyl groups excluding tert-OH is 2. The predicted octanol–water partition coefficient (Wildman–Crippen LogP) is -1.66. The van der Waals surface area contributed by atoms with Crippen molar-refractivity contribution < 1.29 is 14.9 Å². The summed E-state index contributed by atoms with van der Waals surface area (Å²) >= 11 is 0. The van der Waals surface area contributed by atoms with Gasteiger partial charge in [-0.2, -0.15) is 4.98 Å². The summed E-state index contributed by atoms with van der Waals surface area (Å²) < 4.78 is 7.01. The molecule has 1 fully saturated rings. The maximum Gasteiger partial charge on any atom is 0.348 e. The Morgan fingerprint density at radius 2 is 2.42 bits per heavy atom. The van der Waals surface area contributed by atoms with Gasteiger partial charge < -0.3 is 20.7 Å². The molecule has 1 saturated heterocycles. The zero-order valence-electron chi connectivity index (χ0n) is 9.85. The summed E-state index contributed by atoms with van der Waals surface area (Å²) in [4.78, 5) is 21.6. The largest absolute Gasteiger partial charge is 0.394 e. The lowest BCUT2D eigenvalue weighted by molar-refractivity contribution is -0.0432. The second kappa shape index (κ2) is 4.30. The molecule has 1 aliphatic heterocycles. The molecule has 0 aromatic carbocycles. The number of anilines is 1. The van der Waals surface area contributed by atoms with E-state index in [0.29, 0.717) is 5.52 Å². The monoisotopic (exact) mass is 267 g/mol. The molecule has 9 nitrogen and oxygen atoms in total. The zero-order valence-corrected chi connectivity index (χ0v) is 9.85. The van der Waals surface area contributed by atoms with Gasteiger partial charge in [0, 0.05) is 6.42 Å². The molecule has 0 amide bonds. The fraction of sp³-hybridized carbons (Fsp3) is 0.500. The first-order chi connectivity index (χ1) is 9.10. The van der Waals surface area contributed by atoms with Crippen LogP contribution in [0.5, 0.6) is 0 Å². The first-order valence-corrected chi connectivity index (χ1v) is 5.77. The number of H-pyrrole nitrogens is 1. The second-order valence-corrected chi connectivity index (χ2v) is 4.39. The van der Waals surface area contributed by atoms with Gasteiger partial charge in [0.15, 0.2) is 5.65 Å². The number of rotatable bonds is 2. The minimum absolute atomic E-state index is 0.131. The summed E-state index contributed by atoms with van der Waals surface area (Å²) in [5, 5.41) is 18.8. The molecule has 102 valence electrons. The van der Waals surface area contributed by atoms with Crippen molar-refractivity contribution >= 4 is 17.0 Å². The van der Waals surface area contributed by atoms with Crippen LogP contribution in [0.2, 0.25) is 0 Å². The lowest BCUT2D eigenvalue weighted by atomic mass is 10.2. The first kappa shape index (κ1) is 12.1. The van der Waals surface area contributed by atoms with Crippen LogP contribution in [-0.2, 0) is 4.74 Å². The molecule has 19 heavy (non-hydrogen) atoms. The number of aliphatic hydroxyl groups is 2. The SMILES string of the molecule is Nc1[nH]c(=O)nc2c1ncn2C1CC(O)C(CO)O1. The van der Waals surface area contributed by atoms with Gasteiger partial charge >= 0.3 is 5.69 Å². The Bertz CT molecular complexity index is 665. The normalized spacial score (nSPS) is 27.2. The molecule has 1 aliphatic rings. The van der Waals surface area contributed by atoms with Crippen molar-refractivity contribution in [3.05, 3.63) is 16.8 Å². The zero-order chi connectivity index (χ0) is 13.6. The third-order valence-corrected chi connectivity index (χ3v) is 3.17. The van der Waals surface area contributed by atoms with Crippen molar-refractivity contribution in [1.82, 2.24) is 19.5 Å². The van der Waals surface area contributed by atoms with Gasteiger partial charge in [-0.1, -0.05) is 0 Å². The lowest BCUT2D eigenvalue weighted by Gasteiger charge is -2.13. The van der Waals surface area contributed by atoms with Crippen LogP contribution >= 0.6 is 0 Å². The lowest BCUT2D eigenvalue weighted by Crippen LogP contribution is -2.24. The van der Waals surface area contributed by atoms with E-state index in [4.69, 9.17) is 15.6 Å². The number of hydrogen-bond donors (Lipinski definition) is 4. The number of hydrogen-bond acceptors (Lipinski definition) is 7. The van der Waals surface area contributed by atoms with Gasteiger partial charge in [-0.15, -0.1) is 0 Å². The number of imidazole rings is 1. The number of ether oxygens (including phenoxy) is 1. The molecule has 0 saturated carbocycles. The van der Waals surface area contributed by atoms with Crippen LogP contribution in [0.15, 0.2) is 11.1 Å². The topological polar surface area (TPSA) is 139 Å². The molecular formula is C10H13N5O4. The highest BCUT2D eigenvalue weighted by atomic mass is 16.5. The molecule has 3 rings (SSSR count). The van der Waals surface area contributed by atoms with Crippen LogP contribution in [-0.4, -0.2) is 48.5 Å². The van der Waals surface area contributed by atoms with Gasteiger partial charge in [0.05, 0.1) is 19.0 Å². The highest BCUT2D eigenvalue weighted by Gasteiger charge is 2.35. The first-order valence-electron chi connectivity index (χ1n) is 5.77. The average molecular weight is 267 g/mol. The van der Waals surface area contributed by atoms with Crippen LogP contribution in [0.3, 0.4) is 0 Å². The Hall–Kier alpha value is -1.97. The van der Waals surface area contributed by atoms with Gasteiger partial charge in [-0.05, 0) is 0 Å². The van der Waals surface area contributed by atoms with Gasteiger partial charge in [0.2, 0.25) is 0 Å². The Morgan fingerprint density at radius 3 is 3.11 bits per heavy atom. The third-order valence-electron chi connectivity index (χ3n) is 3.17. The molecule has 0 bridgehead atoms. The average Bonchev–Trinajstić information content (AvgIpc) is 2.92. The summed E-state index contributed by atoms with van der Waals surface area (Å²) in [5.41, 5.74) is 5.72. The summed E-state index contributed by atoms with van der Waals surface area (Å²) in [6.07, 6.45) is -0.233. The molecule has 9 heteroatoms. The maximum atomic E-state index is 11.3. The fourth-order valence-electron chi connectivity index (χ4n) is 2.21. The fourth-order valence-corrected chi connectivity index (χ4v) is 2.21. The number of nitrogens with two attached hydrogens (primary N) is 1. The smallest absolute Gasteiger partial charge is 0.348 e. The molecule has 3 atom stereocenters. The van der Waals surface area contributed by atoms with E-state index in [1.54, 1.807) is 0 Å². The minimum Gasteiger partial charge on any atom is -0.394 e. The number of nitrogen functional groups attached to an aromatic ring is 1. The summed E-state index contributed by atoms with van der Waals surface area (Å²) in [6.45, 7) is -0.277. The van der Waals surface area contributed by atoms with Crippen molar-refractivity contribution in [3.8, 4) is 0 Å². The van der Waals surface area contributed by atoms with Crippen molar-refractivity contribution in [3.63, 3.8) is 0 Å². The van der Waals surface area contributed by atoms with Gasteiger partial charge in [-0.25, -0.2) is 9.78 Å². The van der Waals surface area contributed by atoms with E-state index in [2.05, 4.69) is 15.0 Å². The van der Waals surface area contributed by atoms with Gasteiger partial charge in [0.1, 0.15) is 23.7 Å². The molecule has 0 aliphatic carbocycles. The summed E-state index contributed by atoms with van der Waals surface area (Å²) in [5.74, 6) is 0.131. The Kier molecular flexibility index (Phi) is 2.73. The number of nitrogens with zero attached hydrogens (tertiary/aromatic N) is 3. The van der Waals surface area contributed by atoms with Crippen LogP contribution in [0.4, 0.5) is 5.82 Å². The second-order valence-electron chi connectivity index (χ2n) is 4.39. The summed E-state index contributed by atoms with van der Waals surface area (Å²) in [6, 6.07) is 0. The van der Waals surface area contributed by atoms with Crippen LogP contribution in [0, 0.1) is 0 Å². The Balaban J connectivity index is 2.05. The van der Waals surface area contributed by atoms with Crippen LogP contribution in [0.25, 0.3) is 11.2 Å². The molecule has 2 aromatic heterocycles. The van der Waals surface area contributed by atoms with Crippen LogP contribution in [0.1, 0.15) is 12.6 Å². The third kappa shape index (κ3) is 1.87. The summed E-state index contributed by atoms with van der Waals surface area (Å²) in [7, 11) is 0. The number of fused-ring (bicyclic) bond motifs is 1. The van der Waals surface area contributed by atoms with E-state index >= 15 is 0 Å². The molecule has 3 heterocycles. The van der Waals surface area contributed by atoms with Crippen molar-refractivity contribution in [2.45, 2.75) is 24.9 Å². The highest BCUT2D eigenvalue weighted by molar-refractivity contribution is 5.81. The highest BCUT2D eigenvalue weighted by Crippen LogP contribution is 2.30. The molecule has 3 unspecified atom stereocenters. The number of nitrogens with one attached hydrogen (secondary N) is 1. The van der Waals surface area contributed by atoms with Gasteiger partial charge in [0.25, 0.3) is 0 Å². The molecule has 0 radical (unpaired) electrons. The number of aromatic nitrogens is 4. The minimum atomic E-state index is -0.771. The van der Waals surface area contributed by atoms with Crippen LogP contribution < -0.4 is 11.4 Å². The van der Waals surface area contributed by atoms with Crippen molar-refractivity contribution in [2.24, 2.45) is 0 Å². The maximum absolute atomic E-state index is 11.3. The van der Waals surface area contributed by atoms with E-state index in [0.717, 1.165) is 0 Å². The van der Waals surface area contributed by atoms with E-state index in [1.807, 2.05) is 0 Å². The van der Waals surface area contributed by atoms with E-state index in [1.165, 1.54) is 10.9 Å².